The molecule has 5 aliphatic rings. The summed E-state index contributed by atoms with van der Waals surface area (Å²) in [6, 6.07) is 9.80. The number of benzene rings is 1. The standard InChI is InChI=1S/C34H49NO2/c1-6-17-35-29(23-9-7-22(8-10-23)21(2)3)20-31(37)32-30(35)19-28-26-12-11-24-18-25(36)13-15-33(24,4)27(26)14-16-34(28,32)5/h7-11,21,25-30,32,36H,6,12-20H2,1-5H3/t25-,26+,27-,28-,29?,30?,32+,33-,34-/m0/s1. The van der Waals surface area contributed by atoms with Gasteiger partial charge in [-0.05, 0) is 104 Å². The quantitative estimate of drug-likeness (QED) is 0.434. The number of Topliss-reactive ketones (excluding diaryl/α,β-unsaturated/α-hetero) is 1. The van der Waals surface area contributed by atoms with Crippen molar-refractivity contribution in [2.45, 2.75) is 117 Å². The van der Waals surface area contributed by atoms with Crippen LogP contribution in [-0.2, 0) is 4.79 Å². The maximum Gasteiger partial charge on any atom is 0.140 e. The van der Waals surface area contributed by atoms with Crippen LogP contribution in [0.1, 0.15) is 115 Å². The minimum Gasteiger partial charge on any atom is -0.393 e. The van der Waals surface area contributed by atoms with Gasteiger partial charge in [0.2, 0.25) is 0 Å². The van der Waals surface area contributed by atoms with E-state index in [0.29, 0.717) is 41.9 Å². The summed E-state index contributed by atoms with van der Waals surface area (Å²) in [4.78, 5) is 16.8. The van der Waals surface area contributed by atoms with Crippen LogP contribution in [0, 0.1) is 34.5 Å². The van der Waals surface area contributed by atoms with Gasteiger partial charge in [0.25, 0.3) is 0 Å². The fraction of sp³-hybridized carbons (Fsp3) is 0.735. The highest BCUT2D eigenvalue weighted by Gasteiger charge is 2.64. The van der Waals surface area contributed by atoms with E-state index in [2.05, 4.69) is 69.9 Å². The summed E-state index contributed by atoms with van der Waals surface area (Å²) in [6.45, 7) is 12.9. The molecular formula is C34H49NO2. The van der Waals surface area contributed by atoms with Gasteiger partial charge in [0.05, 0.1) is 6.10 Å². The highest BCUT2D eigenvalue weighted by Crippen LogP contribution is 2.68. The maximum atomic E-state index is 14.1. The number of ketones is 1. The van der Waals surface area contributed by atoms with E-state index in [1.807, 2.05) is 0 Å². The fourth-order valence-electron chi connectivity index (χ4n) is 10.2. The molecule has 0 amide bonds. The molecule has 3 saturated carbocycles. The first kappa shape index (κ1) is 25.8. The number of rotatable bonds is 4. The van der Waals surface area contributed by atoms with Crippen LogP contribution >= 0.6 is 0 Å². The van der Waals surface area contributed by atoms with E-state index >= 15 is 0 Å². The van der Waals surface area contributed by atoms with E-state index in [1.165, 1.54) is 30.4 Å². The van der Waals surface area contributed by atoms with Crippen molar-refractivity contribution < 1.29 is 9.90 Å². The van der Waals surface area contributed by atoms with E-state index in [4.69, 9.17) is 0 Å². The maximum absolute atomic E-state index is 14.1. The van der Waals surface area contributed by atoms with Crippen LogP contribution in [0.5, 0.6) is 0 Å². The summed E-state index contributed by atoms with van der Waals surface area (Å²) in [6.07, 6.45) is 12.0. The molecule has 1 aliphatic heterocycles. The topological polar surface area (TPSA) is 40.5 Å². The second-order valence-electron chi connectivity index (χ2n) is 14.2. The third kappa shape index (κ3) is 3.93. The molecule has 37 heavy (non-hydrogen) atoms. The number of nitrogens with zero attached hydrogens (tertiary/aromatic N) is 1. The molecule has 2 unspecified atom stereocenters. The Morgan fingerprint density at radius 3 is 2.51 bits per heavy atom. The lowest BCUT2D eigenvalue weighted by Crippen LogP contribution is -2.54. The van der Waals surface area contributed by atoms with Crippen LogP contribution in [0.2, 0.25) is 0 Å². The molecule has 1 aromatic rings. The van der Waals surface area contributed by atoms with Crippen LogP contribution in [0.15, 0.2) is 35.9 Å². The number of hydrogen-bond acceptors (Lipinski definition) is 3. The van der Waals surface area contributed by atoms with E-state index in [-0.39, 0.29) is 28.9 Å². The third-order valence-corrected chi connectivity index (χ3v) is 12.1. The number of piperidine rings is 1. The monoisotopic (exact) mass is 503 g/mol. The minimum absolute atomic E-state index is 0.136. The first-order chi connectivity index (χ1) is 17.7. The summed E-state index contributed by atoms with van der Waals surface area (Å²) in [5.41, 5.74) is 4.65. The van der Waals surface area contributed by atoms with Crippen LogP contribution in [0.25, 0.3) is 0 Å². The lowest BCUT2D eigenvalue weighted by atomic mass is 9.47. The zero-order valence-corrected chi connectivity index (χ0v) is 23.9. The van der Waals surface area contributed by atoms with Crippen molar-refractivity contribution in [3.63, 3.8) is 0 Å². The number of allylic oxidation sites excluding steroid dienone is 1. The van der Waals surface area contributed by atoms with Crippen LogP contribution in [-0.4, -0.2) is 34.5 Å². The molecular weight excluding hydrogens is 454 g/mol. The number of likely N-dealkylation sites (tertiary alicyclic amines) is 1. The second kappa shape index (κ2) is 9.33. The third-order valence-electron chi connectivity index (χ3n) is 12.1. The Morgan fingerprint density at radius 2 is 1.81 bits per heavy atom. The van der Waals surface area contributed by atoms with Crippen molar-refractivity contribution in [3.05, 3.63) is 47.0 Å². The smallest absolute Gasteiger partial charge is 0.140 e. The van der Waals surface area contributed by atoms with Crippen LogP contribution in [0.3, 0.4) is 0 Å². The van der Waals surface area contributed by atoms with Gasteiger partial charge in [0.1, 0.15) is 5.78 Å². The van der Waals surface area contributed by atoms with Crippen molar-refractivity contribution in [3.8, 4) is 0 Å². The van der Waals surface area contributed by atoms with Crippen LogP contribution < -0.4 is 0 Å². The number of carbonyl (C=O) groups is 1. The fourth-order valence-corrected chi connectivity index (χ4v) is 10.2. The predicted molar refractivity (Wildman–Crippen MR) is 150 cm³/mol. The van der Waals surface area contributed by atoms with E-state index in [9.17, 15) is 9.90 Å². The van der Waals surface area contributed by atoms with Gasteiger partial charge in [0.15, 0.2) is 0 Å². The molecule has 0 bridgehead atoms. The first-order valence-electron chi connectivity index (χ1n) is 15.4. The molecule has 9 atom stereocenters. The van der Waals surface area contributed by atoms with Gasteiger partial charge in [-0.15, -0.1) is 0 Å². The van der Waals surface area contributed by atoms with Crippen LogP contribution in [0.4, 0.5) is 0 Å². The van der Waals surface area contributed by atoms with Crippen molar-refractivity contribution >= 4 is 5.78 Å². The molecule has 1 aromatic carbocycles. The van der Waals surface area contributed by atoms with Crippen molar-refractivity contribution in [2.24, 2.45) is 34.5 Å². The highest BCUT2D eigenvalue weighted by atomic mass is 16.3. The van der Waals surface area contributed by atoms with Gasteiger partial charge in [-0.2, -0.15) is 0 Å². The van der Waals surface area contributed by atoms with Gasteiger partial charge in [-0.1, -0.05) is 70.5 Å². The van der Waals surface area contributed by atoms with Crippen molar-refractivity contribution in [2.75, 3.05) is 6.54 Å². The molecule has 0 radical (unpaired) electrons. The SMILES string of the molecule is CCCN1C(c2ccc(C(C)C)cc2)CC(=O)[C@H]2C1C[C@H]1[C@@H]3CC=C4C[C@@H](O)CC[C@]4(C)[C@H]3CC[C@]21C. The lowest BCUT2D eigenvalue weighted by Gasteiger charge is -2.58. The Morgan fingerprint density at radius 1 is 1.05 bits per heavy atom. The number of fused-ring (bicyclic) bond motifs is 7. The van der Waals surface area contributed by atoms with E-state index in [0.717, 1.165) is 38.6 Å². The Labute approximate surface area is 225 Å². The summed E-state index contributed by atoms with van der Waals surface area (Å²) < 4.78 is 0. The van der Waals surface area contributed by atoms with Gasteiger partial charge in [0, 0.05) is 24.4 Å². The summed E-state index contributed by atoms with van der Waals surface area (Å²) in [7, 11) is 0. The van der Waals surface area contributed by atoms with Gasteiger partial charge >= 0.3 is 0 Å². The Hall–Kier alpha value is -1.45. The van der Waals surface area contributed by atoms with E-state index in [1.54, 1.807) is 5.57 Å². The Bertz CT molecular complexity index is 1060. The predicted octanol–water partition coefficient (Wildman–Crippen LogP) is 7.45. The summed E-state index contributed by atoms with van der Waals surface area (Å²) >= 11 is 0. The first-order valence-corrected chi connectivity index (χ1v) is 15.4. The largest absolute Gasteiger partial charge is 0.393 e. The lowest BCUT2D eigenvalue weighted by molar-refractivity contribution is -0.138. The molecule has 1 N–H and O–H groups in total. The van der Waals surface area contributed by atoms with E-state index < -0.39 is 0 Å². The number of hydrogen-bond donors (Lipinski definition) is 1. The minimum atomic E-state index is -0.147. The molecule has 3 nitrogen and oxygen atoms in total. The molecule has 1 saturated heterocycles. The molecule has 4 fully saturated rings. The molecule has 0 spiro atoms. The van der Waals surface area contributed by atoms with Gasteiger partial charge in [-0.25, -0.2) is 0 Å². The number of aliphatic hydroxyl groups excluding tert-OH is 1. The summed E-state index contributed by atoms with van der Waals surface area (Å²) in [5.74, 6) is 3.30. The average Bonchev–Trinajstić information content (AvgIpc) is 3.20. The normalized spacial score (nSPS) is 43.6. The number of carbonyl (C=O) groups excluding carboxylic acids is 1. The molecule has 3 heteroatoms. The Balaban J connectivity index is 1.32. The van der Waals surface area contributed by atoms with Gasteiger partial charge < -0.3 is 5.11 Å². The number of aliphatic hydroxyl groups is 1. The van der Waals surface area contributed by atoms with Crippen molar-refractivity contribution in [1.82, 2.24) is 4.90 Å². The second-order valence-corrected chi connectivity index (χ2v) is 14.2. The average molecular weight is 504 g/mol. The summed E-state index contributed by atoms with van der Waals surface area (Å²) in [5, 5.41) is 10.4. The molecule has 0 aromatic heterocycles. The molecule has 6 rings (SSSR count). The Kier molecular flexibility index (Phi) is 6.51. The van der Waals surface area contributed by atoms with Gasteiger partial charge in [-0.3, -0.25) is 9.69 Å². The molecule has 202 valence electrons. The highest BCUT2D eigenvalue weighted by molar-refractivity contribution is 5.85. The zero-order valence-electron chi connectivity index (χ0n) is 23.9. The molecule has 4 aliphatic carbocycles. The zero-order chi connectivity index (χ0) is 26.1. The molecule has 1 heterocycles. The van der Waals surface area contributed by atoms with Crippen molar-refractivity contribution in [1.29, 1.82) is 0 Å².